The highest BCUT2D eigenvalue weighted by Gasteiger charge is 2.17. The molecule has 0 saturated heterocycles. The molecule has 0 radical (unpaired) electrons. The molecule has 0 heterocycles. The first-order valence-electron chi connectivity index (χ1n) is 5.43. The van der Waals surface area contributed by atoms with Gasteiger partial charge in [-0.25, -0.2) is 4.79 Å². The van der Waals surface area contributed by atoms with E-state index in [2.05, 4.69) is 4.74 Å². The highest BCUT2D eigenvalue weighted by Crippen LogP contribution is 2.29. The number of carbonyl (C=O) groups excluding carboxylic acids is 1. The van der Waals surface area contributed by atoms with Crippen LogP contribution in [-0.4, -0.2) is 21.8 Å². The molecular weight excluding hydrogens is 254 g/mol. The Balaban J connectivity index is 3.39. The molecule has 1 aromatic carbocycles. The third-order valence-electron chi connectivity index (χ3n) is 2.68. The van der Waals surface area contributed by atoms with E-state index in [0.717, 1.165) is 5.56 Å². The van der Waals surface area contributed by atoms with Crippen LogP contribution in [0, 0.1) is 0 Å². The molecule has 0 aliphatic heterocycles. The van der Waals surface area contributed by atoms with E-state index >= 15 is 0 Å². The zero-order valence-electron chi connectivity index (χ0n) is 10.6. The minimum atomic E-state index is -2.26. The number of ether oxygens (including phenoxy) is 1. The van der Waals surface area contributed by atoms with Gasteiger partial charge in [0.15, 0.2) is 0 Å². The molecule has 0 spiro atoms. The minimum absolute atomic E-state index is 0.123. The third-order valence-corrected chi connectivity index (χ3v) is 3.21. The van der Waals surface area contributed by atoms with Crippen molar-refractivity contribution in [1.82, 2.24) is 0 Å². The number of benzene rings is 1. The quantitative estimate of drug-likeness (QED) is 0.509. The van der Waals surface area contributed by atoms with Crippen molar-refractivity contribution in [2.24, 2.45) is 0 Å². The predicted octanol–water partition coefficient (Wildman–Crippen LogP) is 1.56. The molecule has 1 atom stereocenters. The molecule has 0 fully saturated rings. The summed E-state index contributed by atoms with van der Waals surface area (Å²) in [6.07, 6.45) is 0. The van der Waals surface area contributed by atoms with Gasteiger partial charge in [0.1, 0.15) is 0 Å². The first kappa shape index (κ1) is 14.7. The molecule has 0 bridgehead atoms. The lowest BCUT2D eigenvalue weighted by atomic mass is 9.94. The summed E-state index contributed by atoms with van der Waals surface area (Å²) in [5.74, 6) is -0.650. The second-order valence-electron chi connectivity index (χ2n) is 4.19. The predicted molar refractivity (Wildman–Crippen MR) is 68.9 cm³/mol. The van der Waals surface area contributed by atoms with Gasteiger partial charge in [-0.15, -0.1) is 0 Å². The first-order chi connectivity index (χ1) is 8.38. The fourth-order valence-corrected chi connectivity index (χ4v) is 2.35. The Hall–Kier alpha value is -1.40. The summed E-state index contributed by atoms with van der Waals surface area (Å²) in [5, 5.41) is 0. The summed E-state index contributed by atoms with van der Waals surface area (Å²) < 4.78 is 26.4. The zero-order valence-corrected chi connectivity index (χ0v) is 11.4. The average molecular weight is 270 g/mol. The van der Waals surface area contributed by atoms with Gasteiger partial charge in [0, 0.05) is 5.75 Å². The first-order valence-corrected chi connectivity index (χ1v) is 6.68. The van der Waals surface area contributed by atoms with E-state index in [-0.39, 0.29) is 22.9 Å². The second-order valence-corrected chi connectivity index (χ2v) is 5.09. The number of nitrogens with two attached hydrogens (primary N) is 1. The smallest absolute Gasteiger partial charge is 0.339 e. The molecule has 2 N–H and O–H groups in total. The van der Waals surface area contributed by atoms with Gasteiger partial charge < -0.3 is 15.0 Å². The van der Waals surface area contributed by atoms with Crippen molar-refractivity contribution in [3.8, 4) is 0 Å². The molecule has 5 nitrogen and oxygen atoms in total. The van der Waals surface area contributed by atoms with Crippen molar-refractivity contribution < 1.29 is 18.3 Å². The lowest BCUT2D eigenvalue weighted by Gasteiger charge is -2.18. The van der Waals surface area contributed by atoms with Gasteiger partial charge in [-0.05, 0) is 23.1 Å². The number of hydrogen-bond donors (Lipinski definition) is 1. The number of nitrogen functional groups attached to an aromatic ring is 1. The Morgan fingerprint density at radius 3 is 2.56 bits per heavy atom. The number of methoxy groups -OCH3 is 1. The Morgan fingerprint density at radius 1 is 1.50 bits per heavy atom. The lowest BCUT2D eigenvalue weighted by Crippen LogP contribution is -2.12. The van der Waals surface area contributed by atoms with Crippen LogP contribution in [0.15, 0.2) is 12.1 Å². The Bertz CT molecular complexity index is 485. The maximum Gasteiger partial charge on any atom is 0.339 e. The van der Waals surface area contributed by atoms with E-state index in [4.69, 9.17) is 5.73 Å². The van der Waals surface area contributed by atoms with Crippen LogP contribution in [0.3, 0.4) is 0 Å². The number of carbonyl (C=O) groups is 1. The summed E-state index contributed by atoms with van der Waals surface area (Å²) in [6.45, 7) is 3.87. The molecule has 0 saturated carbocycles. The molecule has 1 aromatic rings. The summed E-state index contributed by atoms with van der Waals surface area (Å²) in [7, 11) is 1.25. The van der Waals surface area contributed by atoms with Crippen molar-refractivity contribution >= 4 is 22.7 Å². The standard InChI is InChI=1S/C12H17NO4S/c1-7(2)8-4-5-9(12(14)17-3)11(13)10(8)6-18(15)16/h4-5,7H,6,13H2,1-3H3,(H,15,16)/p-1. The largest absolute Gasteiger partial charge is 0.772 e. The van der Waals surface area contributed by atoms with Crippen LogP contribution in [0.4, 0.5) is 5.69 Å². The van der Waals surface area contributed by atoms with Crippen molar-refractivity contribution in [3.05, 3.63) is 28.8 Å². The van der Waals surface area contributed by atoms with Gasteiger partial charge in [-0.2, -0.15) is 0 Å². The van der Waals surface area contributed by atoms with Crippen LogP contribution in [0.1, 0.15) is 41.3 Å². The SMILES string of the molecule is COC(=O)c1ccc(C(C)C)c(CS(=O)[O-])c1N. The van der Waals surface area contributed by atoms with E-state index in [9.17, 15) is 13.6 Å². The fourth-order valence-electron chi connectivity index (χ4n) is 1.79. The number of anilines is 1. The summed E-state index contributed by atoms with van der Waals surface area (Å²) >= 11 is -2.26. The number of rotatable bonds is 4. The maximum atomic E-state index is 11.5. The van der Waals surface area contributed by atoms with E-state index < -0.39 is 17.0 Å². The Morgan fingerprint density at radius 2 is 2.11 bits per heavy atom. The van der Waals surface area contributed by atoms with Gasteiger partial charge in [-0.3, -0.25) is 4.21 Å². The van der Waals surface area contributed by atoms with E-state index in [1.54, 1.807) is 12.1 Å². The molecule has 0 aliphatic rings. The average Bonchev–Trinajstić information content (AvgIpc) is 2.29. The van der Waals surface area contributed by atoms with Crippen molar-refractivity contribution in [2.45, 2.75) is 25.5 Å². The Kier molecular flexibility index (Phi) is 4.86. The second kappa shape index (κ2) is 5.97. The van der Waals surface area contributed by atoms with Crippen molar-refractivity contribution in [2.75, 3.05) is 12.8 Å². The van der Waals surface area contributed by atoms with Gasteiger partial charge >= 0.3 is 5.97 Å². The fraction of sp³-hybridized carbons (Fsp3) is 0.417. The topological polar surface area (TPSA) is 92.5 Å². The molecule has 6 heteroatoms. The molecule has 1 unspecified atom stereocenters. The van der Waals surface area contributed by atoms with Crippen LogP contribution in [0.25, 0.3) is 0 Å². The normalized spacial score (nSPS) is 12.5. The molecule has 0 amide bonds. The molecule has 100 valence electrons. The van der Waals surface area contributed by atoms with Crippen LogP contribution in [0.5, 0.6) is 0 Å². The van der Waals surface area contributed by atoms with Crippen LogP contribution in [0.2, 0.25) is 0 Å². The van der Waals surface area contributed by atoms with Gasteiger partial charge in [0.25, 0.3) is 0 Å². The number of esters is 1. The molecular formula is C12H16NO4S-. The molecule has 0 aromatic heterocycles. The monoisotopic (exact) mass is 270 g/mol. The van der Waals surface area contributed by atoms with Crippen LogP contribution < -0.4 is 5.73 Å². The lowest BCUT2D eigenvalue weighted by molar-refractivity contribution is 0.0602. The van der Waals surface area contributed by atoms with Crippen molar-refractivity contribution in [3.63, 3.8) is 0 Å². The van der Waals surface area contributed by atoms with E-state index in [1.807, 2.05) is 13.8 Å². The van der Waals surface area contributed by atoms with Crippen LogP contribution in [-0.2, 0) is 21.6 Å². The molecule has 1 rings (SSSR count). The van der Waals surface area contributed by atoms with E-state index in [0.29, 0.717) is 5.56 Å². The summed E-state index contributed by atoms with van der Waals surface area (Å²) in [5.41, 5.74) is 7.54. The van der Waals surface area contributed by atoms with Crippen LogP contribution >= 0.6 is 0 Å². The Labute approximate surface area is 109 Å². The minimum Gasteiger partial charge on any atom is -0.772 e. The zero-order chi connectivity index (χ0) is 13.9. The summed E-state index contributed by atoms with van der Waals surface area (Å²) in [6, 6.07) is 3.28. The summed E-state index contributed by atoms with van der Waals surface area (Å²) in [4.78, 5) is 11.5. The highest BCUT2D eigenvalue weighted by atomic mass is 32.2. The molecule has 0 aliphatic carbocycles. The van der Waals surface area contributed by atoms with Crippen molar-refractivity contribution in [1.29, 1.82) is 0 Å². The van der Waals surface area contributed by atoms with Gasteiger partial charge in [-0.1, -0.05) is 31.0 Å². The highest BCUT2D eigenvalue weighted by molar-refractivity contribution is 7.78. The maximum absolute atomic E-state index is 11.5. The van der Waals surface area contributed by atoms with Gasteiger partial charge in [0.2, 0.25) is 0 Å². The third kappa shape index (κ3) is 3.08. The number of hydrogen-bond acceptors (Lipinski definition) is 5. The van der Waals surface area contributed by atoms with Gasteiger partial charge in [0.05, 0.1) is 18.4 Å². The molecule has 18 heavy (non-hydrogen) atoms. The van der Waals surface area contributed by atoms with E-state index in [1.165, 1.54) is 7.11 Å².